The first-order chi connectivity index (χ1) is 9.72. The van der Waals surface area contributed by atoms with Gasteiger partial charge in [-0.2, -0.15) is 0 Å². The second-order valence-electron chi connectivity index (χ2n) is 5.19. The van der Waals surface area contributed by atoms with E-state index in [9.17, 15) is 5.11 Å². The Bertz CT molecular complexity index is 393. The third-order valence-corrected chi connectivity index (χ3v) is 3.76. The molecule has 0 amide bonds. The zero-order chi connectivity index (χ0) is 14.4. The molecule has 20 heavy (non-hydrogen) atoms. The summed E-state index contributed by atoms with van der Waals surface area (Å²) >= 11 is 0. The van der Waals surface area contributed by atoms with Crippen LogP contribution in [0.1, 0.15) is 31.9 Å². The Morgan fingerprint density at radius 3 is 2.75 bits per heavy atom. The van der Waals surface area contributed by atoms with Gasteiger partial charge < -0.3 is 14.6 Å². The number of hydrogen-bond donors (Lipinski definition) is 1. The Morgan fingerprint density at radius 1 is 1.35 bits per heavy atom. The lowest BCUT2D eigenvalue weighted by Gasteiger charge is -2.31. The first-order valence-corrected chi connectivity index (χ1v) is 7.47. The smallest absolute Gasteiger partial charge is 0.119 e. The van der Waals surface area contributed by atoms with Gasteiger partial charge in [0.25, 0.3) is 0 Å². The van der Waals surface area contributed by atoms with Crippen molar-refractivity contribution in [3.8, 4) is 5.75 Å². The van der Waals surface area contributed by atoms with E-state index in [0.29, 0.717) is 6.61 Å². The van der Waals surface area contributed by atoms with Crippen molar-refractivity contribution >= 4 is 0 Å². The molecule has 2 atom stereocenters. The van der Waals surface area contributed by atoms with Gasteiger partial charge in [-0.05, 0) is 30.7 Å². The van der Waals surface area contributed by atoms with Crippen LogP contribution in [0.2, 0.25) is 0 Å². The number of likely N-dealkylation sites (N-methyl/N-ethyl adjacent to an activating group) is 1. The maximum absolute atomic E-state index is 9.74. The SMILES string of the molecule is CC[C@H](O)c1ccc(OCC2CN(CC)CCO2)cc1. The van der Waals surface area contributed by atoms with Crippen molar-refractivity contribution in [2.75, 3.05) is 32.8 Å². The summed E-state index contributed by atoms with van der Waals surface area (Å²) < 4.78 is 11.5. The fraction of sp³-hybridized carbons (Fsp3) is 0.625. The number of nitrogens with zero attached hydrogens (tertiary/aromatic N) is 1. The number of benzene rings is 1. The van der Waals surface area contributed by atoms with E-state index in [1.54, 1.807) is 0 Å². The van der Waals surface area contributed by atoms with E-state index in [-0.39, 0.29) is 12.2 Å². The van der Waals surface area contributed by atoms with Crippen LogP contribution in [-0.4, -0.2) is 49.0 Å². The molecule has 4 heteroatoms. The summed E-state index contributed by atoms with van der Waals surface area (Å²) in [7, 11) is 0. The molecule has 1 aromatic carbocycles. The average Bonchev–Trinajstić information content (AvgIpc) is 2.53. The number of rotatable bonds is 6. The van der Waals surface area contributed by atoms with Gasteiger partial charge in [0, 0.05) is 13.1 Å². The maximum Gasteiger partial charge on any atom is 0.119 e. The first-order valence-electron chi connectivity index (χ1n) is 7.47. The van der Waals surface area contributed by atoms with Crippen LogP contribution in [0.5, 0.6) is 5.75 Å². The summed E-state index contributed by atoms with van der Waals surface area (Å²) in [6.07, 6.45) is 0.483. The van der Waals surface area contributed by atoms with Crippen LogP contribution in [0.15, 0.2) is 24.3 Å². The van der Waals surface area contributed by atoms with Crippen molar-refractivity contribution in [3.63, 3.8) is 0 Å². The lowest BCUT2D eigenvalue weighted by molar-refractivity contribution is -0.0464. The molecule has 1 N–H and O–H groups in total. The van der Waals surface area contributed by atoms with Gasteiger partial charge in [0.2, 0.25) is 0 Å². The molecule has 1 aliphatic heterocycles. The Labute approximate surface area is 121 Å². The van der Waals surface area contributed by atoms with Crippen molar-refractivity contribution in [1.82, 2.24) is 4.90 Å². The van der Waals surface area contributed by atoms with E-state index < -0.39 is 0 Å². The number of morpholine rings is 1. The third-order valence-electron chi connectivity index (χ3n) is 3.76. The summed E-state index contributed by atoms with van der Waals surface area (Å²) in [5.74, 6) is 0.828. The molecule has 0 spiro atoms. The number of aliphatic hydroxyl groups excluding tert-OH is 1. The summed E-state index contributed by atoms with van der Waals surface area (Å²) in [5, 5.41) is 9.74. The summed E-state index contributed by atoms with van der Waals surface area (Å²) in [6, 6.07) is 7.66. The quantitative estimate of drug-likeness (QED) is 0.867. The van der Waals surface area contributed by atoms with Gasteiger partial charge >= 0.3 is 0 Å². The molecular weight excluding hydrogens is 254 g/mol. The van der Waals surface area contributed by atoms with Gasteiger partial charge in [-0.1, -0.05) is 26.0 Å². The second kappa shape index (κ2) is 7.62. The van der Waals surface area contributed by atoms with E-state index in [1.165, 1.54) is 0 Å². The molecule has 1 aromatic rings. The van der Waals surface area contributed by atoms with Crippen LogP contribution in [0, 0.1) is 0 Å². The van der Waals surface area contributed by atoms with Crippen molar-refractivity contribution in [3.05, 3.63) is 29.8 Å². The molecule has 1 saturated heterocycles. The topological polar surface area (TPSA) is 41.9 Å². The van der Waals surface area contributed by atoms with E-state index in [0.717, 1.165) is 44.0 Å². The van der Waals surface area contributed by atoms with E-state index >= 15 is 0 Å². The largest absolute Gasteiger partial charge is 0.491 e. The standard InChI is InChI=1S/C16H25NO3/c1-3-16(18)13-5-7-14(8-6-13)20-12-15-11-17(4-2)9-10-19-15/h5-8,15-16,18H,3-4,9-12H2,1-2H3/t15?,16-/m0/s1. The highest BCUT2D eigenvalue weighted by Gasteiger charge is 2.19. The van der Waals surface area contributed by atoms with Crippen LogP contribution in [-0.2, 0) is 4.74 Å². The molecule has 1 aliphatic rings. The van der Waals surface area contributed by atoms with Gasteiger partial charge in [-0.3, -0.25) is 4.90 Å². The number of hydrogen-bond acceptors (Lipinski definition) is 4. The van der Waals surface area contributed by atoms with Crippen LogP contribution in [0.3, 0.4) is 0 Å². The fourth-order valence-electron chi connectivity index (χ4n) is 2.38. The lowest BCUT2D eigenvalue weighted by Crippen LogP contribution is -2.44. The molecule has 1 heterocycles. The zero-order valence-electron chi connectivity index (χ0n) is 12.4. The molecule has 0 aliphatic carbocycles. The molecule has 1 unspecified atom stereocenters. The van der Waals surface area contributed by atoms with E-state index in [1.807, 2.05) is 31.2 Å². The lowest BCUT2D eigenvalue weighted by atomic mass is 10.1. The molecule has 2 rings (SSSR count). The molecule has 4 nitrogen and oxygen atoms in total. The van der Waals surface area contributed by atoms with Gasteiger partial charge in [-0.15, -0.1) is 0 Å². The van der Waals surface area contributed by atoms with Crippen molar-refractivity contribution in [2.24, 2.45) is 0 Å². The monoisotopic (exact) mass is 279 g/mol. The number of ether oxygens (including phenoxy) is 2. The zero-order valence-corrected chi connectivity index (χ0v) is 12.4. The van der Waals surface area contributed by atoms with Gasteiger partial charge in [0.05, 0.1) is 12.7 Å². The highest BCUT2D eigenvalue weighted by molar-refractivity contribution is 5.28. The minimum atomic E-state index is -0.385. The first kappa shape index (κ1) is 15.3. The Morgan fingerprint density at radius 2 is 2.10 bits per heavy atom. The van der Waals surface area contributed by atoms with Gasteiger partial charge in [0.1, 0.15) is 18.5 Å². The normalized spacial score (nSPS) is 21.6. The van der Waals surface area contributed by atoms with E-state index in [4.69, 9.17) is 9.47 Å². The molecule has 1 fully saturated rings. The molecule has 0 aromatic heterocycles. The summed E-state index contributed by atoms with van der Waals surface area (Å²) in [6.45, 7) is 8.49. The van der Waals surface area contributed by atoms with Crippen LogP contribution in [0.25, 0.3) is 0 Å². The minimum absolute atomic E-state index is 0.143. The average molecular weight is 279 g/mol. The summed E-state index contributed by atoms with van der Waals surface area (Å²) in [5.41, 5.74) is 0.936. The van der Waals surface area contributed by atoms with Crippen molar-refractivity contribution in [2.45, 2.75) is 32.5 Å². The summed E-state index contributed by atoms with van der Waals surface area (Å²) in [4.78, 5) is 2.37. The molecular formula is C16H25NO3. The maximum atomic E-state index is 9.74. The highest BCUT2D eigenvalue weighted by atomic mass is 16.5. The third kappa shape index (κ3) is 4.20. The Hall–Kier alpha value is -1.10. The highest BCUT2D eigenvalue weighted by Crippen LogP contribution is 2.20. The van der Waals surface area contributed by atoms with E-state index in [2.05, 4.69) is 11.8 Å². The Kier molecular flexibility index (Phi) is 5.83. The van der Waals surface area contributed by atoms with Crippen molar-refractivity contribution in [1.29, 1.82) is 0 Å². The second-order valence-corrected chi connectivity index (χ2v) is 5.19. The predicted octanol–water partition coefficient (Wildman–Crippen LogP) is 2.23. The minimum Gasteiger partial charge on any atom is -0.491 e. The predicted molar refractivity (Wildman–Crippen MR) is 79.0 cm³/mol. The van der Waals surface area contributed by atoms with Crippen molar-refractivity contribution < 1.29 is 14.6 Å². The van der Waals surface area contributed by atoms with Crippen LogP contribution >= 0.6 is 0 Å². The van der Waals surface area contributed by atoms with Crippen LogP contribution < -0.4 is 4.74 Å². The molecule has 0 bridgehead atoms. The molecule has 0 saturated carbocycles. The van der Waals surface area contributed by atoms with Gasteiger partial charge in [-0.25, -0.2) is 0 Å². The molecule has 0 radical (unpaired) electrons. The molecule has 112 valence electrons. The Balaban J connectivity index is 1.81. The number of aliphatic hydroxyl groups is 1. The fourth-order valence-corrected chi connectivity index (χ4v) is 2.38. The van der Waals surface area contributed by atoms with Gasteiger partial charge in [0.15, 0.2) is 0 Å². The van der Waals surface area contributed by atoms with Crippen LogP contribution in [0.4, 0.5) is 0 Å².